The molecule has 0 bridgehead atoms. The van der Waals surface area contributed by atoms with Crippen molar-refractivity contribution >= 4 is 40.4 Å². The minimum absolute atomic E-state index is 0.113. The average Bonchev–Trinajstić information content (AvgIpc) is 3.13. The van der Waals surface area contributed by atoms with Crippen LogP contribution in [-0.4, -0.2) is 21.4 Å². The molecule has 2 aromatic carbocycles. The van der Waals surface area contributed by atoms with E-state index in [1.54, 1.807) is 42.6 Å². The van der Waals surface area contributed by atoms with E-state index in [0.29, 0.717) is 10.7 Å². The molecule has 0 spiro atoms. The highest BCUT2D eigenvalue weighted by molar-refractivity contribution is 6.34. The van der Waals surface area contributed by atoms with Crippen molar-refractivity contribution < 1.29 is 9.59 Å². The lowest BCUT2D eigenvalue weighted by Gasteiger charge is -2.11. The van der Waals surface area contributed by atoms with Crippen molar-refractivity contribution in [2.45, 2.75) is 6.54 Å². The van der Waals surface area contributed by atoms with E-state index in [1.807, 2.05) is 54.2 Å². The second-order valence-electron chi connectivity index (χ2n) is 7.21. The molecule has 2 heterocycles. The summed E-state index contributed by atoms with van der Waals surface area (Å²) < 4.78 is 1.97. The smallest absolute Gasteiger partial charge is 0.268 e. The molecule has 0 unspecified atom stereocenters. The van der Waals surface area contributed by atoms with E-state index in [1.165, 1.54) is 0 Å². The standard InChI is InChI=1S/C25H21ClN4O2/c1-30-16-17(19-9-3-5-12-23(19)30)14-22(25(32)28-15-18-8-6-7-13-27-18)29-24(31)20-10-2-4-11-21(20)26/h2-14,16H,15H2,1H3,(H,28,32)(H,29,31). The molecule has 6 nitrogen and oxygen atoms in total. The molecule has 0 atom stereocenters. The molecule has 4 rings (SSSR count). The maximum Gasteiger partial charge on any atom is 0.268 e. The van der Waals surface area contributed by atoms with Crippen molar-refractivity contribution in [1.82, 2.24) is 20.2 Å². The van der Waals surface area contributed by atoms with Gasteiger partial charge in [-0.2, -0.15) is 0 Å². The van der Waals surface area contributed by atoms with E-state index < -0.39 is 11.8 Å². The maximum absolute atomic E-state index is 13.1. The molecule has 0 aliphatic heterocycles. The zero-order chi connectivity index (χ0) is 22.5. The summed E-state index contributed by atoms with van der Waals surface area (Å²) in [4.78, 5) is 30.1. The Morgan fingerprint density at radius 2 is 1.78 bits per heavy atom. The Hall–Kier alpha value is -3.90. The normalized spacial score (nSPS) is 11.4. The van der Waals surface area contributed by atoms with Gasteiger partial charge in [0.25, 0.3) is 11.8 Å². The van der Waals surface area contributed by atoms with Gasteiger partial charge in [0.2, 0.25) is 0 Å². The molecular formula is C25H21ClN4O2. The largest absolute Gasteiger partial charge is 0.350 e. The van der Waals surface area contributed by atoms with E-state index in [0.717, 1.165) is 16.5 Å². The molecule has 160 valence electrons. The third-order valence-electron chi connectivity index (χ3n) is 5.00. The molecule has 4 aromatic rings. The van der Waals surface area contributed by atoms with Crippen LogP contribution < -0.4 is 10.6 Å². The molecule has 2 aromatic heterocycles. The molecule has 0 fully saturated rings. The fraction of sp³-hybridized carbons (Fsp3) is 0.0800. The number of aromatic nitrogens is 2. The van der Waals surface area contributed by atoms with Crippen LogP contribution >= 0.6 is 11.6 Å². The van der Waals surface area contributed by atoms with Crippen molar-refractivity contribution in [3.8, 4) is 0 Å². The number of carbonyl (C=O) groups is 2. The van der Waals surface area contributed by atoms with Crippen LogP contribution in [0.1, 0.15) is 21.6 Å². The Kier molecular flexibility index (Phi) is 6.33. The van der Waals surface area contributed by atoms with Crippen LogP contribution in [0.4, 0.5) is 0 Å². The molecule has 32 heavy (non-hydrogen) atoms. The SMILES string of the molecule is Cn1cc(C=C(NC(=O)c2ccccc2Cl)C(=O)NCc2ccccn2)c2ccccc21. The van der Waals surface area contributed by atoms with Gasteiger partial charge in [0.15, 0.2) is 0 Å². The number of nitrogens with one attached hydrogen (secondary N) is 2. The third-order valence-corrected chi connectivity index (χ3v) is 5.32. The van der Waals surface area contributed by atoms with Gasteiger partial charge in [0.05, 0.1) is 22.8 Å². The van der Waals surface area contributed by atoms with Gasteiger partial charge in [-0.05, 0) is 36.4 Å². The lowest BCUT2D eigenvalue weighted by atomic mass is 10.1. The second kappa shape index (κ2) is 9.49. The van der Waals surface area contributed by atoms with Gasteiger partial charge in [0.1, 0.15) is 5.70 Å². The minimum Gasteiger partial charge on any atom is -0.350 e. The van der Waals surface area contributed by atoms with Crippen LogP contribution in [0.5, 0.6) is 0 Å². The number of nitrogens with zero attached hydrogens (tertiary/aromatic N) is 2. The topological polar surface area (TPSA) is 76.0 Å². The first-order chi connectivity index (χ1) is 15.5. The maximum atomic E-state index is 13.1. The molecule has 0 aliphatic carbocycles. The van der Waals surface area contributed by atoms with Crippen LogP contribution in [0.15, 0.2) is 84.8 Å². The highest BCUT2D eigenvalue weighted by Crippen LogP contribution is 2.23. The Balaban J connectivity index is 1.67. The van der Waals surface area contributed by atoms with Gasteiger partial charge in [-0.25, -0.2) is 0 Å². The number of hydrogen-bond donors (Lipinski definition) is 2. The highest BCUT2D eigenvalue weighted by atomic mass is 35.5. The number of para-hydroxylation sites is 1. The molecular weight excluding hydrogens is 424 g/mol. The predicted molar refractivity (Wildman–Crippen MR) is 126 cm³/mol. The van der Waals surface area contributed by atoms with E-state index in [9.17, 15) is 9.59 Å². The summed E-state index contributed by atoms with van der Waals surface area (Å²) in [6, 6.07) is 20.0. The van der Waals surface area contributed by atoms with Crippen LogP contribution in [0.2, 0.25) is 5.02 Å². The molecule has 2 N–H and O–H groups in total. The van der Waals surface area contributed by atoms with Gasteiger partial charge in [-0.15, -0.1) is 0 Å². The Morgan fingerprint density at radius 1 is 1.03 bits per heavy atom. The molecule has 7 heteroatoms. The molecule has 2 amide bonds. The fourth-order valence-electron chi connectivity index (χ4n) is 3.41. The van der Waals surface area contributed by atoms with Crippen molar-refractivity contribution in [2.24, 2.45) is 7.05 Å². The van der Waals surface area contributed by atoms with Crippen molar-refractivity contribution in [1.29, 1.82) is 0 Å². The molecule has 0 radical (unpaired) electrons. The van der Waals surface area contributed by atoms with Crippen LogP contribution in [0, 0.1) is 0 Å². The third kappa shape index (κ3) is 4.71. The van der Waals surface area contributed by atoms with Crippen molar-refractivity contribution in [3.05, 3.63) is 107 Å². The van der Waals surface area contributed by atoms with E-state index in [4.69, 9.17) is 11.6 Å². The number of benzene rings is 2. The molecule has 0 aliphatic rings. The average molecular weight is 445 g/mol. The van der Waals surface area contributed by atoms with E-state index >= 15 is 0 Å². The highest BCUT2D eigenvalue weighted by Gasteiger charge is 2.17. The van der Waals surface area contributed by atoms with Crippen molar-refractivity contribution in [3.63, 3.8) is 0 Å². The Labute approximate surface area is 190 Å². The minimum atomic E-state index is -0.463. The summed E-state index contributed by atoms with van der Waals surface area (Å²) in [7, 11) is 1.93. The van der Waals surface area contributed by atoms with Crippen molar-refractivity contribution in [2.75, 3.05) is 0 Å². The summed E-state index contributed by atoms with van der Waals surface area (Å²) in [5, 5.41) is 6.83. The second-order valence-corrected chi connectivity index (χ2v) is 7.62. The Bertz CT molecular complexity index is 1310. The number of aryl methyl sites for hydroxylation is 1. The summed E-state index contributed by atoms with van der Waals surface area (Å²) in [5.41, 5.74) is 2.94. The number of hydrogen-bond acceptors (Lipinski definition) is 3. The summed E-state index contributed by atoms with van der Waals surface area (Å²) >= 11 is 6.17. The Morgan fingerprint density at radius 3 is 2.56 bits per heavy atom. The predicted octanol–water partition coefficient (Wildman–Crippen LogP) is 4.31. The number of pyridine rings is 1. The number of carbonyl (C=O) groups excluding carboxylic acids is 2. The zero-order valence-corrected chi connectivity index (χ0v) is 18.1. The molecule has 0 saturated carbocycles. The van der Waals surface area contributed by atoms with Crippen LogP contribution in [-0.2, 0) is 18.4 Å². The first-order valence-corrected chi connectivity index (χ1v) is 10.4. The van der Waals surface area contributed by atoms with E-state index in [2.05, 4.69) is 15.6 Å². The van der Waals surface area contributed by atoms with E-state index in [-0.39, 0.29) is 17.8 Å². The lowest BCUT2D eigenvalue weighted by Crippen LogP contribution is -2.34. The number of rotatable bonds is 6. The summed E-state index contributed by atoms with van der Waals surface area (Å²) in [5.74, 6) is -0.890. The number of halogens is 1. The van der Waals surface area contributed by atoms with Gasteiger partial charge in [-0.3, -0.25) is 14.6 Å². The zero-order valence-electron chi connectivity index (χ0n) is 17.4. The monoisotopic (exact) mass is 444 g/mol. The van der Waals surface area contributed by atoms with Gasteiger partial charge >= 0.3 is 0 Å². The summed E-state index contributed by atoms with van der Waals surface area (Å²) in [6.07, 6.45) is 5.25. The van der Waals surface area contributed by atoms with Gasteiger partial charge < -0.3 is 15.2 Å². The quantitative estimate of drug-likeness (QED) is 0.435. The lowest BCUT2D eigenvalue weighted by molar-refractivity contribution is -0.117. The fourth-order valence-corrected chi connectivity index (χ4v) is 3.63. The first kappa shape index (κ1) is 21.3. The van der Waals surface area contributed by atoms with Crippen LogP contribution in [0.25, 0.3) is 17.0 Å². The van der Waals surface area contributed by atoms with Gasteiger partial charge in [0, 0.05) is 35.9 Å². The number of amides is 2. The number of fused-ring (bicyclic) bond motifs is 1. The van der Waals surface area contributed by atoms with Gasteiger partial charge in [-0.1, -0.05) is 48.0 Å². The molecule has 0 saturated heterocycles. The first-order valence-electron chi connectivity index (χ1n) is 10.0. The van der Waals surface area contributed by atoms with Crippen LogP contribution in [0.3, 0.4) is 0 Å². The summed E-state index contributed by atoms with van der Waals surface area (Å²) in [6.45, 7) is 0.231.